The van der Waals surface area contributed by atoms with Gasteiger partial charge in [0.05, 0.1) is 12.2 Å². The Labute approximate surface area is 97.3 Å². The lowest BCUT2D eigenvalue weighted by atomic mass is 9.89. The molecule has 2 rings (SSSR count). The third-order valence-corrected chi connectivity index (χ3v) is 3.49. The fourth-order valence-corrected chi connectivity index (χ4v) is 2.46. The molecule has 0 saturated carbocycles. The van der Waals surface area contributed by atoms with E-state index in [-0.39, 0.29) is 18.1 Å². The molecular weight excluding hydrogens is 200 g/mol. The number of benzene rings is 1. The maximum Gasteiger partial charge on any atom is 0.0843 e. The van der Waals surface area contributed by atoms with Crippen molar-refractivity contribution < 1.29 is 9.84 Å². The molecular formula is C14H20O2. The quantitative estimate of drug-likeness (QED) is 0.848. The molecule has 1 aliphatic heterocycles. The summed E-state index contributed by atoms with van der Waals surface area (Å²) in [5, 5.41) is 10.3. The van der Waals surface area contributed by atoms with E-state index in [1.54, 1.807) is 0 Å². The lowest BCUT2D eigenvalue weighted by Gasteiger charge is -2.23. The maximum atomic E-state index is 10.3. The molecule has 2 heteroatoms. The minimum Gasteiger partial charge on any atom is -0.388 e. The SMILES string of the molecule is CCC1OCCC1C(O)c1ccc(C)cc1. The maximum absolute atomic E-state index is 10.3. The van der Waals surface area contributed by atoms with Crippen LogP contribution in [-0.4, -0.2) is 17.8 Å². The van der Waals surface area contributed by atoms with Gasteiger partial charge in [-0.25, -0.2) is 0 Å². The van der Waals surface area contributed by atoms with Crippen molar-refractivity contribution in [2.24, 2.45) is 5.92 Å². The van der Waals surface area contributed by atoms with Crippen molar-refractivity contribution in [2.75, 3.05) is 6.61 Å². The smallest absolute Gasteiger partial charge is 0.0843 e. The van der Waals surface area contributed by atoms with Gasteiger partial charge in [0, 0.05) is 12.5 Å². The van der Waals surface area contributed by atoms with Crippen molar-refractivity contribution >= 4 is 0 Å². The fraction of sp³-hybridized carbons (Fsp3) is 0.571. The first-order chi connectivity index (χ1) is 7.72. The molecule has 1 aliphatic rings. The zero-order chi connectivity index (χ0) is 11.5. The van der Waals surface area contributed by atoms with Crippen LogP contribution in [0, 0.1) is 12.8 Å². The number of ether oxygens (including phenoxy) is 1. The highest BCUT2D eigenvalue weighted by molar-refractivity contribution is 5.23. The Morgan fingerprint density at radius 1 is 1.38 bits per heavy atom. The van der Waals surface area contributed by atoms with E-state index in [9.17, 15) is 5.11 Å². The standard InChI is InChI=1S/C14H20O2/c1-3-13-12(8-9-16-13)14(15)11-6-4-10(2)5-7-11/h4-7,12-15H,3,8-9H2,1-2H3. The van der Waals surface area contributed by atoms with Crippen LogP contribution in [0.1, 0.15) is 37.0 Å². The number of rotatable bonds is 3. The zero-order valence-corrected chi connectivity index (χ0v) is 10.0. The molecule has 0 aliphatic carbocycles. The Hall–Kier alpha value is -0.860. The van der Waals surface area contributed by atoms with Gasteiger partial charge >= 0.3 is 0 Å². The molecule has 1 aromatic rings. The summed E-state index contributed by atoms with van der Waals surface area (Å²) in [5.74, 6) is 0.257. The number of aliphatic hydroxyl groups is 1. The highest BCUT2D eigenvalue weighted by atomic mass is 16.5. The van der Waals surface area contributed by atoms with Crippen LogP contribution < -0.4 is 0 Å². The summed E-state index contributed by atoms with van der Waals surface area (Å²) in [7, 11) is 0. The Morgan fingerprint density at radius 2 is 2.06 bits per heavy atom. The molecule has 0 bridgehead atoms. The first kappa shape index (κ1) is 11.6. The largest absolute Gasteiger partial charge is 0.388 e. The van der Waals surface area contributed by atoms with Crippen LogP contribution in [0.3, 0.4) is 0 Å². The average molecular weight is 220 g/mol. The van der Waals surface area contributed by atoms with Crippen molar-refractivity contribution in [1.82, 2.24) is 0 Å². The molecule has 2 nitrogen and oxygen atoms in total. The molecule has 88 valence electrons. The summed E-state index contributed by atoms with van der Waals surface area (Å²) in [4.78, 5) is 0. The fourth-order valence-electron chi connectivity index (χ4n) is 2.46. The van der Waals surface area contributed by atoms with Crippen LogP contribution in [0.5, 0.6) is 0 Å². The van der Waals surface area contributed by atoms with Crippen LogP contribution in [0.2, 0.25) is 0 Å². The average Bonchev–Trinajstić information content (AvgIpc) is 2.77. The minimum atomic E-state index is -0.381. The van der Waals surface area contributed by atoms with Crippen molar-refractivity contribution in [1.29, 1.82) is 0 Å². The van der Waals surface area contributed by atoms with Crippen LogP contribution in [-0.2, 0) is 4.74 Å². The third-order valence-electron chi connectivity index (χ3n) is 3.49. The van der Waals surface area contributed by atoms with E-state index in [2.05, 4.69) is 26.0 Å². The van der Waals surface area contributed by atoms with Crippen molar-refractivity contribution in [2.45, 2.75) is 38.9 Å². The predicted octanol–water partition coefficient (Wildman–Crippen LogP) is 2.84. The molecule has 1 N–H and O–H groups in total. The van der Waals surface area contributed by atoms with Crippen molar-refractivity contribution in [3.05, 3.63) is 35.4 Å². The third kappa shape index (κ3) is 2.28. The van der Waals surface area contributed by atoms with Gasteiger partial charge < -0.3 is 9.84 Å². The molecule has 1 aromatic carbocycles. The first-order valence-corrected chi connectivity index (χ1v) is 6.08. The second-order valence-corrected chi connectivity index (χ2v) is 4.63. The monoisotopic (exact) mass is 220 g/mol. The summed E-state index contributed by atoms with van der Waals surface area (Å²) >= 11 is 0. The van der Waals surface area contributed by atoms with Gasteiger partial charge in [0.2, 0.25) is 0 Å². The lowest BCUT2D eigenvalue weighted by molar-refractivity contribution is 0.0307. The highest BCUT2D eigenvalue weighted by Crippen LogP contribution is 2.34. The van der Waals surface area contributed by atoms with Crippen molar-refractivity contribution in [3.63, 3.8) is 0 Å². The topological polar surface area (TPSA) is 29.5 Å². The predicted molar refractivity (Wildman–Crippen MR) is 64.3 cm³/mol. The number of aliphatic hydroxyl groups excluding tert-OH is 1. The highest BCUT2D eigenvalue weighted by Gasteiger charge is 2.33. The van der Waals surface area contributed by atoms with E-state index in [1.807, 2.05) is 12.1 Å². The van der Waals surface area contributed by atoms with Gasteiger partial charge in [-0.15, -0.1) is 0 Å². The van der Waals surface area contributed by atoms with Gasteiger partial charge in [-0.05, 0) is 25.3 Å². The Bertz CT molecular complexity index is 331. The lowest BCUT2D eigenvalue weighted by Crippen LogP contribution is -2.21. The van der Waals surface area contributed by atoms with E-state index in [1.165, 1.54) is 5.56 Å². The van der Waals surface area contributed by atoms with Gasteiger partial charge in [0.25, 0.3) is 0 Å². The van der Waals surface area contributed by atoms with Gasteiger partial charge in [-0.1, -0.05) is 36.8 Å². The van der Waals surface area contributed by atoms with Crippen molar-refractivity contribution in [3.8, 4) is 0 Å². The van der Waals surface area contributed by atoms with Crippen LogP contribution in [0.15, 0.2) is 24.3 Å². The molecule has 1 fully saturated rings. The molecule has 0 amide bonds. The Morgan fingerprint density at radius 3 is 2.69 bits per heavy atom. The van der Waals surface area contributed by atoms with E-state index < -0.39 is 0 Å². The summed E-state index contributed by atoms with van der Waals surface area (Å²) in [6.45, 7) is 4.96. The van der Waals surface area contributed by atoms with E-state index in [4.69, 9.17) is 4.74 Å². The normalized spacial score (nSPS) is 26.9. The second-order valence-electron chi connectivity index (χ2n) is 4.63. The number of hydrogen-bond acceptors (Lipinski definition) is 2. The van der Waals surface area contributed by atoms with Gasteiger partial charge in [0.1, 0.15) is 0 Å². The summed E-state index contributed by atoms with van der Waals surface area (Å²) < 4.78 is 5.62. The van der Waals surface area contributed by atoms with E-state index in [0.717, 1.165) is 25.0 Å². The molecule has 1 heterocycles. The van der Waals surface area contributed by atoms with Gasteiger partial charge in [-0.2, -0.15) is 0 Å². The van der Waals surface area contributed by atoms with Gasteiger partial charge in [0.15, 0.2) is 0 Å². The summed E-state index contributed by atoms with van der Waals surface area (Å²) in [5.41, 5.74) is 2.24. The summed E-state index contributed by atoms with van der Waals surface area (Å²) in [6, 6.07) is 8.14. The van der Waals surface area contributed by atoms with Gasteiger partial charge in [-0.3, -0.25) is 0 Å². The Kier molecular flexibility index (Phi) is 3.62. The van der Waals surface area contributed by atoms with E-state index >= 15 is 0 Å². The molecule has 0 aromatic heterocycles. The Balaban J connectivity index is 2.12. The summed E-state index contributed by atoms with van der Waals surface area (Å²) in [6.07, 6.45) is 1.78. The number of hydrogen-bond donors (Lipinski definition) is 1. The molecule has 3 atom stereocenters. The second kappa shape index (κ2) is 4.98. The molecule has 3 unspecified atom stereocenters. The molecule has 1 saturated heterocycles. The van der Waals surface area contributed by atoms with E-state index in [0.29, 0.717) is 0 Å². The molecule has 0 spiro atoms. The van der Waals surface area contributed by atoms with Crippen LogP contribution in [0.25, 0.3) is 0 Å². The molecule has 16 heavy (non-hydrogen) atoms. The first-order valence-electron chi connectivity index (χ1n) is 6.08. The number of aryl methyl sites for hydroxylation is 1. The molecule has 0 radical (unpaired) electrons. The van der Waals surface area contributed by atoms with Crippen LogP contribution in [0.4, 0.5) is 0 Å². The zero-order valence-electron chi connectivity index (χ0n) is 10.0. The minimum absolute atomic E-state index is 0.219. The van der Waals surface area contributed by atoms with Crippen LogP contribution >= 0.6 is 0 Å².